The van der Waals surface area contributed by atoms with Crippen molar-refractivity contribution < 1.29 is 13.2 Å². The first-order chi connectivity index (χ1) is 8.83. The lowest BCUT2D eigenvalue weighted by Crippen LogP contribution is -2.36. The number of halogens is 4. The molecule has 0 saturated carbocycles. The molecule has 2 rings (SSSR count). The van der Waals surface area contributed by atoms with E-state index in [-0.39, 0.29) is 23.3 Å². The normalized spacial score (nSPS) is 12.1. The van der Waals surface area contributed by atoms with Crippen LogP contribution in [0.25, 0.3) is 5.78 Å². The molecule has 0 aliphatic rings. The van der Waals surface area contributed by atoms with Gasteiger partial charge in [0.15, 0.2) is 0 Å². The second-order valence-corrected chi connectivity index (χ2v) is 4.31. The van der Waals surface area contributed by atoms with Gasteiger partial charge in [0.1, 0.15) is 23.8 Å². The highest BCUT2D eigenvalue weighted by Gasteiger charge is 2.32. The van der Waals surface area contributed by atoms with E-state index in [1.54, 1.807) is 13.8 Å². The van der Waals surface area contributed by atoms with Crippen LogP contribution in [0.5, 0.6) is 0 Å². The van der Waals surface area contributed by atoms with Crippen molar-refractivity contribution in [3.63, 3.8) is 0 Å². The summed E-state index contributed by atoms with van der Waals surface area (Å²) in [6.07, 6.45) is -3.09. The standard InChI is InChI=1S/C10H11ClF3N5/c1-3-18(4-10(12,13)14)8-6(2)7(11)17-9-15-5-16-19(8)9/h5H,3-4H2,1-2H3. The largest absolute Gasteiger partial charge is 0.405 e. The van der Waals surface area contributed by atoms with E-state index >= 15 is 0 Å². The van der Waals surface area contributed by atoms with Gasteiger partial charge in [0.05, 0.1) is 0 Å². The third-order valence-corrected chi connectivity index (χ3v) is 2.99. The lowest BCUT2D eigenvalue weighted by Gasteiger charge is -2.26. The minimum Gasteiger partial charge on any atom is -0.347 e. The summed E-state index contributed by atoms with van der Waals surface area (Å²) in [6.45, 7) is 2.31. The van der Waals surface area contributed by atoms with E-state index in [1.165, 1.54) is 10.8 Å². The van der Waals surface area contributed by atoms with Gasteiger partial charge in [-0.25, -0.2) is 0 Å². The fourth-order valence-corrected chi connectivity index (χ4v) is 1.97. The van der Waals surface area contributed by atoms with Gasteiger partial charge in [-0.15, -0.1) is 0 Å². The fourth-order valence-electron chi connectivity index (χ4n) is 1.81. The zero-order valence-corrected chi connectivity index (χ0v) is 11.0. The van der Waals surface area contributed by atoms with E-state index in [0.717, 1.165) is 4.90 Å². The molecule has 0 N–H and O–H groups in total. The van der Waals surface area contributed by atoms with Gasteiger partial charge in [-0.2, -0.15) is 32.8 Å². The van der Waals surface area contributed by atoms with Gasteiger partial charge in [-0.1, -0.05) is 11.6 Å². The van der Waals surface area contributed by atoms with Crippen LogP contribution in [0.3, 0.4) is 0 Å². The summed E-state index contributed by atoms with van der Waals surface area (Å²) >= 11 is 5.92. The van der Waals surface area contributed by atoms with E-state index in [2.05, 4.69) is 15.1 Å². The molecule has 0 atom stereocenters. The highest BCUT2D eigenvalue weighted by Crippen LogP contribution is 2.28. The molecule has 5 nitrogen and oxygen atoms in total. The molecular weight excluding hydrogens is 283 g/mol. The Morgan fingerprint density at radius 1 is 1.42 bits per heavy atom. The zero-order chi connectivity index (χ0) is 14.2. The Labute approximate surface area is 112 Å². The summed E-state index contributed by atoms with van der Waals surface area (Å²) in [6, 6.07) is 0. The van der Waals surface area contributed by atoms with Crippen molar-refractivity contribution in [3.8, 4) is 0 Å². The smallest absolute Gasteiger partial charge is 0.347 e. The minimum absolute atomic E-state index is 0.121. The Morgan fingerprint density at radius 3 is 2.68 bits per heavy atom. The lowest BCUT2D eigenvalue weighted by atomic mass is 10.3. The molecule has 0 saturated heterocycles. The molecule has 0 spiro atoms. The van der Waals surface area contributed by atoms with Gasteiger partial charge >= 0.3 is 6.18 Å². The Hall–Kier alpha value is -1.57. The molecule has 2 aromatic heterocycles. The van der Waals surface area contributed by atoms with Gasteiger partial charge in [-0.05, 0) is 13.8 Å². The fraction of sp³-hybridized carbons (Fsp3) is 0.500. The van der Waals surface area contributed by atoms with Gasteiger partial charge in [0.2, 0.25) is 0 Å². The number of aromatic nitrogens is 4. The van der Waals surface area contributed by atoms with Crippen LogP contribution in [0.2, 0.25) is 5.15 Å². The number of alkyl halides is 3. The molecule has 2 heterocycles. The van der Waals surface area contributed by atoms with Crippen LogP contribution in [-0.4, -0.2) is 38.8 Å². The predicted molar refractivity (Wildman–Crippen MR) is 64.5 cm³/mol. The van der Waals surface area contributed by atoms with Crippen molar-refractivity contribution in [1.29, 1.82) is 0 Å². The SMILES string of the molecule is CCN(CC(F)(F)F)c1c(C)c(Cl)nc2ncnn12. The Bertz CT molecular complexity index is 595. The van der Waals surface area contributed by atoms with Gasteiger partial charge in [0.25, 0.3) is 5.78 Å². The van der Waals surface area contributed by atoms with E-state index in [4.69, 9.17) is 11.6 Å². The Balaban J connectivity index is 2.58. The third kappa shape index (κ3) is 2.73. The van der Waals surface area contributed by atoms with Gasteiger partial charge in [0, 0.05) is 12.1 Å². The van der Waals surface area contributed by atoms with Crippen LogP contribution < -0.4 is 4.90 Å². The number of rotatable bonds is 3. The maximum Gasteiger partial charge on any atom is 0.405 e. The molecule has 0 aromatic carbocycles. The quantitative estimate of drug-likeness (QED) is 0.816. The number of hydrogen-bond donors (Lipinski definition) is 0. The van der Waals surface area contributed by atoms with E-state index in [0.29, 0.717) is 5.56 Å². The third-order valence-electron chi connectivity index (χ3n) is 2.62. The average molecular weight is 294 g/mol. The maximum atomic E-state index is 12.6. The average Bonchev–Trinajstić information content (AvgIpc) is 2.74. The summed E-state index contributed by atoms with van der Waals surface area (Å²) < 4.78 is 39.1. The summed E-state index contributed by atoms with van der Waals surface area (Å²) in [7, 11) is 0. The van der Waals surface area contributed by atoms with Crippen molar-refractivity contribution in [1.82, 2.24) is 19.6 Å². The van der Waals surface area contributed by atoms with Crippen LogP contribution >= 0.6 is 11.6 Å². The van der Waals surface area contributed by atoms with Crippen molar-refractivity contribution in [2.75, 3.05) is 18.0 Å². The molecule has 0 bridgehead atoms. The highest BCUT2D eigenvalue weighted by atomic mass is 35.5. The second kappa shape index (κ2) is 4.84. The molecule has 2 aromatic rings. The number of nitrogens with zero attached hydrogens (tertiary/aromatic N) is 5. The van der Waals surface area contributed by atoms with E-state index in [9.17, 15) is 13.2 Å². The molecule has 0 radical (unpaired) electrons. The van der Waals surface area contributed by atoms with Crippen LogP contribution in [0.4, 0.5) is 19.0 Å². The van der Waals surface area contributed by atoms with E-state index in [1.807, 2.05) is 0 Å². The monoisotopic (exact) mass is 293 g/mol. The van der Waals surface area contributed by atoms with Crippen LogP contribution in [0, 0.1) is 6.92 Å². The summed E-state index contributed by atoms with van der Waals surface area (Å²) in [5, 5.41) is 4.02. The molecule has 0 fully saturated rings. The molecule has 0 amide bonds. The van der Waals surface area contributed by atoms with Gasteiger partial charge in [-0.3, -0.25) is 0 Å². The zero-order valence-electron chi connectivity index (χ0n) is 10.2. The topological polar surface area (TPSA) is 46.3 Å². The van der Waals surface area contributed by atoms with Crippen LogP contribution in [0.1, 0.15) is 12.5 Å². The lowest BCUT2D eigenvalue weighted by molar-refractivity contribution is -0.119. The molecule has 104 valence electrons. The Kier molecular flexibility index (Phi) is 3.53. The van der Waals surface area contributed by atoms with Crippen LogP contribution in [0.15, 0.2) is 6.33 Å². The summed E-state index contributed by atoms with van der Waals surface area (Å²) in [4.78, 5) is 8.94. The first kappa shape index (κ1) is 13.9. The van der Waals surface area contributed by atoms with E-state index < -0.39 is 12.7 Å². The second-order valence-electron chi connectivity index (χ2n) is 3.95. The predicted octanol–water partition coefficient (Wildman–Crippen LogP) is 2.47. The van der Waals surface area contributed by atoms with Crippen LogP contribution in [-0.2, 0) is 0 Å². The van der Waals surface area contributed by atoms with Crippen molar-refractivity contribution in [2.24, 2.45) is 0 Å². The van der Waals surface area contributed by atoms with Crippen molar-refractivity contribution in [3.05, 3.63) is 17.0 Å². The molecule has 0 aliphatic heterocycles. The maximum absolute atomic E-state index is 12.6. The van der Waals surface area contributed by atoms with Crippen molar-refractivity contribution >= 4 is 23.2 Å². The molecule has 9 heteroatoms. The molecule has 0 unspecified atom stereocenters. The Morgan fingerprint density at radius 2 is 2.11 bits per heavy atom. The summed E-state index contributed by atoms with van der Waals surface area (Å²) in [5.74, 6) is 0.429. The number of anilines is 1. The first-order valence-electron chi connectivity index (χ1n) is 5.51. The first-order valence-corrected chi connectivity index (χ1v) is 5.89. The molecular formula is C10H11ClF3N5. The number of fused-ring (bicyclic) bond motifs is 1. The highest BCUT2D eigenvalue weighted by molar-refractivity contribution is 6.30. The minimum atomic E-state index is -4.31. The number of hydrogen-bond acceptors (Lipinski definition) is 4. The summed E-state index contributed by atoms with van der Waals surface area (Å²) in [5.41, 5.74) is 0.436. The van der Waals surface area contributed by atoms with Gasteiger partial charge < -0.3 is 4.90 Å². The molecule has 19 heavy (non-hydrogen) atoms. The molecule has 0 aliphatic carbocycles. The van der Waals surface area contributed by atoms with Crippen molar-refractivity contribution in [2.45, 2.75) is 20.0 Å².